The van der Waals surface area contributed by atoms with E-state index in [1.54, 1.807) is 17.0 Å². The summed E-state index contributed by atoms with van der Waals surface area (Å²) in [5.74, 6) is 0.194. The first-order valence-corrected chi connectivity index (χ1v) is 12.1. The van der Waals surface area contributed by atoms with Crippen molar-refractivity contribution in [2.75, 3.05) is 24.2 Å². The normalized spacial score (nSPS) is 10.6. The molecule has 0 fully saturated rings. The molecule has 0 aliphatic carbocycles. The van der Waals surface area contributed by atoms with Crippen molar-refractivity contribution in [3.8, 4) is 10.6 Å². The summed E-state index contributed by atoms with van der Waals surface area (Å²) in [7, 11) is 0. The molecule has 3 rings (SSSR count). The van der Waals surface area contributed by atoms with Crippen LogP contribution in [-0.4, -0.2) is 45.8 Å². The Hall–Kier alpha value is -2.42. The highest BCUT2D eigenvalue weighted by atomic mass is 35.5. The number of halogens is 1. The molecule has 6 nitrogen and oxygen atoms in total. The number of carbonyl (C=O) groups excluding carboxylic acids is 2. The largest absolute Gasteiger partial charge is 0.341 e. The van der Waals surface area contributed by atoms with Crippen molar-refractivity contribution in [3.05, 3.63) is 59.6 Å². The van der Waals surface area contributed by atoms with Gasteiger partial charge in [0.1, 0.15) is 5.01 Å². The minimum atomic E-state index is -0.191. The van der Waals surface area contributed by atoms with Gasteiger partial charge in [0.2, 0.25) is 16.9 Å². The molecular formula is C22H23ClN4O2S2. The van der Waals surface area contributed by atoms with E-state index in [9.17, 15) is 9.59 Å². The van der Waals surface area contributed by atoms with Gasteiger partial charge in [0, 0.05) is 35.0 Å². The van der Waals surface area contributed by atoms with Gasteiger partial charge in [-0.2, -0.15) is 0 Å². The number of anilines is 1. The highest BCUT2D eigenvalue weighted by Gasteiger charge is 2.16. The van der Waals surface area contributed by atoms with Gasteiger partial charge in [0.25, 0.3) is 0 Å². The van der Waals surface area contributed by atoms with Gasteiger partial charge in [-0.1, -0.05) is 60.2 Å². The van der Waals surface area contributed by atoms with Gasteiger partial charge < -0.3 is 10.2 Å². The zero-order valence-electron chi connectivity index (χ0n) is 17.1. The number of thioether (sulfide) groups is 1. The molecule has 0 bridgehead atoms. The van der Waals surface area contributed by atoms with Crippen LogP contribution in [0.5, 0.6) is 0 Å². The number of hydrogen-bond donors (Lipinski definition) is 1. The van der Waals surface area contributed by atoms with E-state index in [4.69, 9.17) is 11.6 Å². The molecular weight excluding hydrogens is 452 g/mol. The zero-order valence-corrected chi connectivity index (χ0v) is 19.5. The Balaban J connectivity index is 1.49. The molecule has 0 atom stereocenters. The molecule has 0 radical (unpaired) electrons. The lowest BCUT2D eigenvalue weighted by Crippen LogP contribution is -2.35. The first-order valence-electron chi connectivity index (χ1n) is 9.90. The van der Waals surface area contributed by atoms with Crippen LogP contribution in [0.3, 0.4) is 0 Å². The Morgan fingerprint density at radius 3 is 2.52 bits per heavy atom. The van der Waals surface area contributed by atoms with Crippen LogP contribution >= 0.6 is 34.7 Å². The molecule has 2 aromatic carbocycles. The monoisotopic (exact) mass is 474 g/mol. The second-order valence-electron chi connectivity index (χ2n) is 6.70. The number of nitrogens with zero attached hydrogens (tertiary/aromatic N) is 3. The fourth-order valence-electron chi connectivity index (χ4n) is 2.79. The SMILES string of the molecule is CCCN(CCC(=O)Nc1nnc(-c2ccc(Cl)cc2)s1)C(=O)CSc1ccccc1. The number of benzene rings is 2. The molecule has 0 saturated carbocycles. The maximum Gasteiger partial charge on any atom is 0.232 e. The summed E-state index contributed by atoms with van der Waals surface area (Å²) in [6.07, 6.45) is 1.04. The Labute approximate surface area is 195 Å². The highest BCUT2D eigenvalue weighted by molar-refractivity contribution is 8.00. The number of aromatic nitrogens is 2. The second kappa shape index (κ2) is 11.8. The Morgan fingerprint density at radius 2 is 1.81 bits per heavy atom. The molecule has 162 valence electrons. The van der Waals surface area contributed by atoms with Crippen molar-refractivity contribution in [1.82, 2.24) is 15.1 Å². The van der Waals surface area contributed by atoms with Crippen molar-refractivity contribution in [1.29, 1.82) is 0 Å². The second-order valence-corrected chi connectivity index (χ2v) is 9.16. The Bertz CT molecular complexity index is 996. The summed E-state index contributed by atoms with van der Waals surface area (Å²) in [6, 6.07) is 17.1. The maximum atomic E-state index is 12.6. The smallest absolute Gasteiger partial charge is 0.232 e. The lowest BCUT2D eigenvalue weighted by molar-refractivity contribution is -0.128. The first kappa shape index (κ1) is 23.2. The lowest BCUT2D eigenvalue weighted by atomic mass is 10.2. The molecule has 0 aliphatic heterocycles. The van der Waals surface area contributed by atoms with Crippen molar-refractivity contribution in [2.45, 2.75) is 24.7 Å². The van der Waals surface area contributed by atoms with Crippen LogP contribution in [0.1, 0.15) is 19.8 Å². The summed E-state index contributed by atoms with van der Waals surface area (Å²) < 4.78 is 0. The summed E-state index contributed by atoms with van der Waals surface area (Å²) in [4.78, 5) is 27.8. The quantitative estimate of drug-likeness (QED) is 0.408. The first-order chi connectivity index (χ1) is 15.0. The standard InChI is InChI=1S/C22H23ClN4O2S2/c1-2-13-27(20(29)15-30-18-6-4-3-5-7-18)14-12-19(28)24-22-26-25-21(31-22)16-8-10-17(23)11-9-16/h3-11H,2,12-15H2,1H3,(H,24,26,28). The average molecular weight is 475 g/mol. The third-order valence-corrected chi connectivity index (χ3v) is 6.46. The Morgan fingerprint density at radius 1 is 1.06 bits per heavy atom. The van der Waals surface area contributed by atoms with Crippen molar-refractivity contribution in [3.63, 3.8) is 0 Å². The van der Waals surface area contributed by atoms with Crippen molar-refractivity contribution in [2.24, 2.45) is 0 Å². The third kappa shape index (κ3) is 7.34. The number of rotatable bonds is 10. The van der Waals surface area contributed by atoms with Crippen LogP contribution in [0.4, 0.5) is 5.13 Å². The summed E-state index contributed by atoms with van der Waals surface area (Å²) in [5.41, 5.74) is 0.887. The van der Waals surface area contributed by atoms with Gasteiger partial charge in [-0.3, -0.25) is 9.59 Å². The van der Waals surface area contributed by atoms with Gasteiger partial charge >= 0.3 is 0 Å². The number of carbonyl (C=O) groups is 2. The molecule has 1 aromatic heterocycles. The van der Waals surface area contributed by atoms with Gasteiger partial charge in [-0.15, -0.1) is 22.0 Å². The fraction of sp³-hybridized carbons (Fsp3) is 0.273. The molecule has 0 unspecified atom stereocenters. The molecule has 9 heteroatoms. The van der Waals surface area contributed by atoms with Crippen molar-refractivity contribution >= 4 is 51.6 Å². The van der Waals surface area contributed by atoms with Crippen LogP contribution in [-0.2, 0) is 9.59 Å². The number of nitrogens with one attached hydrogen (secondary N) is 1. The summed E-state index contributed by atoms with van der Waals surface area (Å²) >= 11 is 8.71. The van der Waals surface area contributed by atoms with Crippen LogP contribution < -0.4 is 5.32 Å². The van der Waals surface area contributed by atoms with Crippen LogP contribution in [0.2, 0.25) is 5.02 Å². The van der Waals surface area contributed by atoms with Gasteiger partial charge in [0.05, 0.1) is 5.75 Å². The zero-order chi connectivity index (χ0) is 22.1. The molecule has 0 spiro atoms. The number of hydrogen-bond acceptors (Lipinski definition) is 6. The highest BCUT2D eigenvalue weighted by Crippen LogP contribution is 2.27. The molecule has 1 heterocycles. The molecule has 0 aliphatic rings. The van der Waals surface area contributed by atoms with E-state index < -0.39 is 0 Å². The maximum absolute atomic E-state index is 12.6. The van der Waals surface area contributed by atoms with Crippen LogP contribution in [0, 0.1) is 0 Å². The van der Waals surface area contributed by atoms with Gasteiger partial charge in [-0.25, -0.2) is 0 Å². The Kier molecular flexibility index (Phi) is 8.87. The van der Waals surface area contributed by atoms with E-state index >= 15 is 0 Å². The van der Waals surface area contributed by atoms with Gasteiger partial charge in [0.15, 0.2) is 0 Å². The van der Waals surface area contributed by atoms with Crippen molar-refractivity contribution < 1.29 is 9.59 Å². The van der Waals surface area contributed by atoms with E-state index in [1.807, 2.05) is 49.4 Å². The predicted octanol–water partition coefficient (Wildman–Crippen LogP) is 5.22. The lowest BCUT2D eigenvalue weighted by Gasteiger charge is -2.21. The molecule has 0 saturated heterocycles. The molecule has 31 heavy (non-hydrogen) atoms. The predicted molar refractivity (Wildman–Crippen MR) is 128 cm³/mol. The van der Waals surface area contributed by atoms with E-state index in [2.05, 4.69) is 15.5 Å². The van der Waals surface area contributed by atoms with E-state index in [0.717, 1.165) is 16.9 Å². The van der Waals surface area contributed by atoms with Crippen LogP contribution in [0.15, 0.2) is 59.5 Å². The van der Waals surface area contributed by atoms with E-state index in [-0.39, 0.29) is 18.2 Å². The molecule has 1 N–H and O–H groups in total. The van der Waals surface area contributed by atoms with E-state index in [0.29, 0.717) is 34.0 Å². The molecule has 2 amide bonds. The fourth-order valence-corrected chi connectivity index (χ4v) is 4.50. The average Bonchev–Trinajstić information content (AvgIpc) is 3.24. The summed E-state index contributed by atoms with van der Waals surface area (Å²) in [6.45, 7) is 3.02. The molecule has 3 aromatic rings. The topological polar surface area (TPSA) is 75.2 Å². The number of amides is 2. The summed E-state index contributed by atoms with van der Waals surface area (Å²) in [5, 5.41) is 12.7. The third-order valence-electron chi connectivity index (χ3n) is 4.32. The van der Waals surface area contributed by atoms with Gasteiger partial charge in [-0.05, 0) is 30.7 Å². The minimum absolute atomic E-state index is 0.0319. The van der Waals surface area contributed by atoms with E-state index in [1.165, 1.54) is 23.1 Å². The van der Waals surface area contributed by atoms with Crippen LogP contribution in [0.25, 0.3) is 10.6 Å². The minimum Gasteiger partial charge on any atom is -0.341 e.